The molecule has 1 unspecified atom stereocenters. The molecule has 3 rings (SSSR count). The van der Waals surface area contributed by atoms with Crippen molar-refractivity contribution in [1.82, 2.24) is 4.90 Å². The number of likely N-dealkylation sites (N-methyl/N-ethyl adjacent to an activating group) is 1. The van der Waals surface area contributed by atoms with Crippen molar-refractivity contribution in [2.24, 2.45) is 10.7 Å². The molecule has 0 fully saturated rings. The Morgan fingerprint density at radius 3 is 2.28 bits per heavy atom. The Morgan fingerprint density at radius 2 is 1.72 bits per heavy atom. The molecule has 25 heavy (non-hydrogen) atoms. The maximum atomic E-state index is 13.0. The van der Waals surface area contributed by atoms with E-state index in [1.807, 2.05) is 6.07 Å². The molecule has 0 saturated heterocycles. The maximum absolute atomic E-state index is 13.0. The van der Waals surface area contributed by atoms with E-state index >= 15 is 0 Å². The first-order chi connectivity index (χ1) is 11.7. The zero-order valence-electron chi connectivity index (χ0n) is 13.7. The fourth-order valence-electron chi connectivity index (χ4n) is 2.81. The van der Waals surface area contributed by atoms with E-state index in [-0.39, 0.29) is 17.6 Å². The van der Waals surface area contributed by atoms with E-state index in [1.54, 1.807) is 43.4 Å². The Labute approximate surface area is 145 Å². The molecular weight excluding hydrogens is 342 g/mol. The van der Waals surface area contributed by atoms with Crippen molar-refractivity contribution in [3.8, 4) is 5.75 Å². The predicted octanol–water partition coefficient (Wildman–Crippen LogP) is 1.06. The molecule has 1 heterocycles. The normalized spacial score (nSPS) is 20.5. The SMILES string of the molecule is CN1C(=O)C(c2ccccc2)(c2cccc(OS(C)(=O)=O)c2)N=C1N. The van der Waals surface area contributed by atoms with Crippen molar-refractivity contribution < 1.29 is 17.4 Å². The van der Waals surface area contributed by atoms with E-state index in [9.17, 15) is 13.2 Å². The highest BCUT2D eigenvalue weighted by Crippen LogP contribution is 2.40. The van der Waals surface area contributed by atoms with Crippen LogP contribution in [0.5, 0.6) is 5.75 Å². The number of carbonyl (C=O) groups is 1. The monoisotopic (exact) mass is 359 g/mol. The maximum Gasteiger partial charge on any atom is 0.306 e. The van der Waals surface area contributed by atoms with E-state index in [4.69, 9.17) is 9.92 Å². The Hall–Kier alpha value is -2.87. The quantitative estimate of drug-likeness (QED) is 0.822. The third-order valence-electron chi connectivity index (χ3n) is 3.93. The first kappa shape index (κ1) is 17.0. The molecule has 130 valence electrons. The van der Waals surface area contributed by atoms with Gasteiger partial charge < -0.3 is 9.92 Å². The second-order valence-electron chi connectivity index (χ2n) is 5.73. The molecule has 1 aliphatic rings. The van der Waals surface area contributed by atoms with Crippen LogP contribution in [0.1, 0.15) is 11.1 Å². The third-order valence-corrected chi connectivity index (χ3v) is 4.43. The zero-order valence-corrected chi connectivity index (χ0v) is 14.5. The predicted molar refractivity (Wildman–Crippen MR) is 93.5 cm³/mol. The molecule has 0 aromatic heterocycles. The summed E-state index contributed by atoms with van der Waals surface area (Å²) in [4.78, 5) is 18.7. The summed E-state index contributed by atoms with van der Waals surface area (Å²) in [5, 5.41) is 0. The van der Waals surface area contributed by atoms with Gasteiger partial charge in [0.15, 0.2) is 11.5 Å². The van der Waals surface area contributed by atoms with Crippen LogP contribution in [-0.4, -0.2) is 38.5 Å². The fourth-order valence-corrected chi connectivity index (χ4v) is 3.26. The second kappa shape index (κ2) is 5.89. The molecule has 0 aliphatic carbocycles. The molecule has 0 spiro atoms. The number of amides is 1. The van der Waals surface area contributed by atoms with Gasteiger partial charge in [-0.2, -0.15) is 8.42 Å². The van der Waals surface area contributed by atoms with Crippen molar-refractivity contribution in [1.29, 1.82) is 0 Å². The van der Waals surface area contributed by atoms with Gasteiger partial charge in [0.1, 0.15) is 5.75 Å². The highest BCUT2D eigenvalue weighted by molar-refractivity contribution is 7.86. The Morgan fingerprint density at radius 1 is 1.08 bits per heavy atom. The fraction of sp³-hybridized carbons (Fsp3) is 0.176. The summed E-state index contributed by atoms with van der Waals surface area (Å²) in [6.45, 7) is 0. The summed E-state index contributed by atoms with van der Waals surface area (Å²) in [7, 11) is -2.15. The first-order valence-electron chi connectivity index (χ1n) is 7.43. The highest BCUT2D eigenvalue weighted by Gasteiger charge is 2.49. The van der Waals surface area contributed by atoms with Gasteiger partial charge in [0.2, 0.25) is 0 Å². The van der Waals surface area contributed by atoms with Crippen LogP contribution in [0.25, 0.3) is 0 Å². The molecule has 2 N–H and O–H groups in total. The first-order valence-corrected chi connectivity index (χ1v) is 9.25. The molecule has 0 bridgehead atoms. The molecule has 1 aliphatic heterocycles. The average Bonchev–Trinajstić information content (AvgIpc) is 2.79. The van der Waals surface area contributed by atoms with Crippen LogP contribution < -0.4 is 9.92 Å². The van der Waals surface area contributed by atoms with E-state index in [0.29, 0.717) is 11.1 Å². The third kappa shape index (κ3) is 2.96. The van der Waals surface area contributed by atoms with Gasteiger partial charge in [0.25, 0.3) is 5.91 Å². The number of nitrogens with zero attached hydrogens (tertiary/aromatic N) is 2. The van der Waals surface area contributed by atoms with Crippen molar-refractivity contribution in [2.75, 3.05) is 13.3 Å². The number of carbonyl (C=O) groups excluding carboxylic acids is 1. The van der Waals surface area contributed by atoms with Gasteiger partial charge in [0, 0.05) is 7.05 Å². The van der Waals surface area contributed by atoms with Crippen molar-refractivity contribution in [3.05, 3.63) is 65.7 Å². The van der Waals surface area contributed by atoms with Gasteiger partial charge in [-0.1, -0.05) is 42.5 Å². The highest BCUT2D eigenvalue weighted by atomic mass is 32.2. The summed E-state index contributed by atoms with van der Waals surface area (Å²) < 4.78 is 27.8. The van der Waals surface area contributed by atoms with E-state index in [0.717, 1.165) is 6.26 Å². The molecule has 0 radical (unpaired) electrons. The average molecular weight is 359 g/mol. The smallest absolute Gasteiger partial charge is 0.306 e. The van der Waals surface area contributed by atoms with Gasteiger partial charge in [-0.15, -0.1) is 0 Å². The molecule has 1 atom stereocenters. The number of hydrogen-bond acceptors (Lipinski definition) is 6. The summed E-state index contributed by atoms with van der Waals surface area (Å²) in [5.74, 6) is -0.137. The second-order valence-corrected chi connectivity index (χ2v) is 7.30. The molecule has 0 saturated carbocycles. The van der Waals surface area contributed by atoms with Crippen LogP contribution in [0.15, 0.2) is 59.6 Å². The Balaban J connectivity index is 2.22. The molecular formula is C17H17N3O4S. The summed E-state index contributed by atoms with van der Waals surface area (Å²) in [5.41, 5.74) is 5.61. The topological polar surface area (TPSA) is 102 Å². The largest absolute Gasteiger partial charge is 0.383 e. The van der Waals surface area contributed by atoms with Gasteiger partial charge in [0.05, 0.1) is 6.26 Å². The lowest BCUT2D eigenvalue weighted by Gasteiger charge is -2.26. The van der Waals surface area contributed by atoms with Crippen LogP contribution in [0.3, 0.4) is 0 Å². The van der Waals surface area contributed by atoms with Gasteiger partial charge in [-0.05, 0) is 23.3 Å². The zero-order chi connectivity index (χ0) is 18.2. The van der Waals surface area contributed by atoms with Crippen LogP contribution >= 0.6 is 0 Å². The lowest BCUT2D eigenvalue weighted by Crippen LogP contribution is -2.41. The van der Waals surface area contributed by atoms with E-state index in [1.165, 1.54) is 17.0 Å². The number of aliphatic imine (C=N–C) groups is 1. The molecule has 7 nitrogen and oxygen atoms in total. The Bertz CT molecular complexity index is 957. The lowest BCUT2D eigenvalue weighted by atomic mass is 9.83. The summed E-state index contributed by atoms with van der Waals surface area (Å²) >= 11 is 0. The van der Waals surface area contributed by atoms with E-state index in [2.05, 4.69) is 4.99 Å². The minimum Gasteiger partial charge on any atom is -0.383 e. The molecule has 2 aromatic carbocycles. The lowest BCUT2D eigenvalue weighted by molar-refractivity contribution is -0.129. The summed E-state index contributed by atoms with van der Waals surface area (Å²) in [6.07, 6.45) is 0.956. The van der Waals surface area contributed by atoms with Crippen molar-refractivity contribution in [2.45, 2.75) is 5.54 Å². The van der Waals surface area contributed by atoms with Crippen LogP contribution in [0.2, 0.25) is 0 Å². The molecule has 2 aromatic rings. The van der Waals surface area contributed by atoms with Crippen LogP contribution in [0.4, 0.5) is 0 Å². The van der Waals surface area contributed by atoms with E-state index < -0.39 is 15.7 Å². The number of guanidine groups is 1. The number of benzene rings is 2. The molecule has 1 amide bonds. The minimum atomic E-state index is -3.69. The number of rotatable bonds is 4. The number of hydrogen-bond donors (Lipinski definition) is 1. The van der Waals surface area contributed by atoms with Crippen molar-refractivity contribution >= 4 is 22.0 Å². The summed E-state index contributed by atoms with van der Waals surface area (Å²) in [6, 6.07) is 15.3. The molecule has 8 heteroatoms. The van der Waals surface area contributed by atoms with Crippen LogP contribution in [0, 0.1) is 0 Å². The van der Waals surface area contributed by atoms with Gasteiger partial charge in [-0.25, -0.2) is 4.99 Å². The van der Waals surface area contributed by atoms with Crippen molar-refractivity contribution in [3.63, 3.8) is 0 Å². The van der Waals surface area contributed by atoms with Gasteiger partial charge >= 0.3 is 10.1 Å². The standard InChI is InChI=1S/C17H17N3O4S/c1-20-15(21)17(19-16(20)18,12-7-4-3-5-8-12)13-9-6-10-14(11-13)24-25(2,22)23/h3-11H,1-2H3,(H2,18,19). The Kier molecular flexibility index (Phi) is 4.00. The number of nitrogens with two attached hydrogens (primary N) is 1. The van der Waals surface area contributed by atoms with Crippen LogP contribution in [-0.2, 0) is 20.5 Å². The van der Waals surface area contributed by atoms with Gasteiger partial charge in [-0.3, -0.25) is 9.69 Å². The minimum absolute atomic E-state index is 0.0864.